The van der Waals surface area contributed by atoms with Crippen molar-refractivity contribution in [3.8, 4) is 0 Å². The van der Waals surface area contributed by atoms with Crippen molar-refractivity contribution < 1.29 is 4.79 Å². The number of hydrogen-bond donors (Lipinski definition) is 1. The minimum Gasteiger partial charge on any atom is -0.373 e. The lowest BCUT2D eigenvalue weighted by atomic mass is 9.91. The fourth-order valence-electron chi connectivity index (χ4n) is 4.05. The smallest absolute Gasteiger partial charge is 0.126 e. The summed E-state index contributed by atoms with van der Waals surface area (Å²) in [7, 11) is 4.02. The molecule has 33 heavy (non-hydrogen) atoms. The maximum atomic E-state index is 10.2. The third-order valence-electron chi connectivity index (χ3n) is 6.07. The number of nitrogens with zero attached hydrogens (tertiary/aromatic N) is 2. The highest BCUT2D eigenvalue weighted by Gasteiger charge is 2.11. The van der Waals surface area contributed by atoms with Crippen molar-refractivity contribution in [1.82, 2.24) is 9.88 Å². The number of rotatable bonds is 8. The van der Waals surface area contributed by atoms with Gasteiger partial charge in [0.25, 0.3) is 0 Å². The molecule has 0 amide bonds. The fraction of sp³-hybridized carbons (Fsp3) is 0.517. The monoisotopic (exact) mass is 451 g/mol. The van der Waals surface area contributed by atoms with Crippen LogP contribution in [-0.4, -0.2) is 30.3 Å². The predicted molar refractivity (Wildman–Crippen MR) is 144 cm³/mol. The van der Waals surface area contributed by atoms with E-state index >= 15 is 0 Å². The van der Waals surface area contributed by atoms with Crippen molar-refractivity contribution in [1.29, 1.82) is 0 Å². The van der Waals surface area contributed by atoms with Crippen LogP contribution in [0.2, 0.25) is 0 Å². The maximum absolute atomic E-state index is 10.2. The Morgan fingerprint density at radius 1 is 1.12 bits per heavy atom. The SMILES string of the molecule is C/C=C(C(/C=c1/cc(NC)nc/c1=C\CC)=C/C)\N(C)/C(C)=C/CC.O=CC1CCCCC1. The van der Waals surface area contributed by atoms with Crippen LogP contribution >= 0.6 is 0 Å². The molecule has 0 spiro atoms. The minimum absolute atomic E-state index is 0.406. The summed E-state index contributed by atoms with van der Waals surface area (Å²) in [5.41, 5.74) is 3.66. The van der Waals surface area contributed by atoms with Gasteiger partial charge in [0.1, 0.15) is 12.1 Å². The fourth-order valence-corrected chi connectivity index (χ4v) is 4.05. The molecule has 1 aromatic heterocycles. The number of aldehydes is 1. The first kappa shape index (κ1) is 28.4. The lowest BCUT2D eigenvalue weighted by molar-refractivity contribution is -0.111. The van der Waals surface area contributed by atoms with E-state index in [0.29, 0.717) is 5.92 Å². The maximum Gasteiger partial charge on any atom is 0.126 e. The predicted octanol–water partition coefficient (Wildman–Crippen LogP) is 5.96. The van der Waals surface area contributed by atoms with Crippen molar-refractivity contribution in [3.63, 3.8) is 0 Å². The standard InChI is InChI=1S/C22H33N3.C7H12O/c1-8-12-17(5)25(7)21(11-4)18(10-3)14-20-15-22(23-6)24-16-19(20)13-9-2;8-6-7-4-2-1-3-5-7/h10-16,23H,8-9H2,1-7H3;6-7H,1-5H2/b17-12+,18-10+,19-13+,20-14-,21-11-;. The quantitative estimate of drug-likeness (QED) is 0.391. The zero-order chi connectivity index (χ0) is 24.6. The van der Waals surface area contributed by atoms with E-state index in [1.807, 2.05) is 13.2 Å². The molecule has 0 unspecified atom stereocenters. The van der Waals surface area contributed by atoms with Gasteiger partial charge in [0, 0.05) is 37.6 Å². The van der Waals surface area contributed by atoms with E-state index in [2.05, 4.69) is 93.3 Å². The van der Waals surface area contributed by atoms with E-state index in [0.717, 1.165) is 37.8 Å². The van der Waals surface area contributed by atoms with E-state index in [-0.39, 0.29) is 0 Å². The molecule has 2 rings (SSSR count). The Kier molecular flexibility index (Phi) is 13.8. The molecule has 4 nitrogen and oxygen atoms in total. The van der Waals surface area contributed by atoms with Gasteiger partial charge >= 0.3 is 0 Å². The third kappa shape index (κ3) is 9.41. The summed E-state index contributed by atoms with van der Waals surface area (Å²) in [6.07, 6.45) is 22.3. The Labute approximate surface area is 201 Å². The van der Waals surface area contributed by atoms with Crippen LogP contribution in [0.3, 0.4) is 0 Å². The largest absolute Gasteiger partial charge is 0.373 e. The van der Waals surface area contributed by atoms with Crippen LogP contribution in [0.15, 0.2) is 47.5 Å². The van der Waals surface area contributed by atoms with E-state index in [4.69, 9.17) is 0 Å². The molecule has 1 aromatic rings. The molecule has 0 radical (unpaired) electrons. The van der Waals surface area contributed by atoms with Crippen LogP contribution in [0.5, 0.6) is 0 Å². The highest BCUT2D eigenvalue weighted by Crippen LogP contribution is 2.21. The first-order chi connectivity index (χ1) is 15.9. The van der Waals surface area contributed by atoms with E-state index in [1.54, 1.807) is 0 Å². The summed E-state index contributed by atoms with van der Waals surface area (Å²) in [6, 6.07) is 2.10. The molecule has 0 atom stereocenters. The zero-order valence-corrected chi connectivity index (χ0v) is 21.9. The van der Waals surface area contributed by atoms with E-state index in [9.17, 15) is 4.79 Å². The number of pyridine rings is 1. The summed E-state index contributed by atoms with van der Waals surface area (Å²) >= 11 is 0. The minimum atomic E-state index is 0.406. The van der Waals surface area contributed by atoms with Crippen LogP contribution in [0, 0.1) is 5.92 Å². The first-order valence-electron chi connectivity index (χ1n) is 12.5. The molecule has 4 heteroatoms. The number of nitrogens with one attached hydrogen (secondary N) is 1. The van der Waals surface area contributed by atoms with E-state index < -0.39 is 0 Å². The molecular formula is C29H45N3O. The Bertz CT molecular complexity index is 934. The number of aromatic nitrogens is 1. The van der Waals surface area contributed by atoms with E-state index in [1.165, 1.54) is 46.7 Å². The summed E-state index contributed by atoms with van der Waals surface area (Å²) < 4.78 is 0. The van der Waals surface area contributed by atoms with Gasteiger partial charge in [-0.25, -0.2) is 4.98 Å². The lowest BCUT2D eigenvalue weighted by Crippen LogP contribution is -2.27. The van der Waals surface area contributed by atoms with Crippen molar-refractivity contribution in [2.45, 2.75) is 79.6 Å². The second-order valence-corrected chi connectivity index (χ2v) is 8.47. The molecule has 1 aliphatic carbocycles. The molecule has 182 valence electrons. The summed E-state index contributed by atoms with van der Waals surface area (Å²) in [6.45, 7) is 10.6. The molecule has 1 aliphatic rings. The summed E-state index contributed by atoms with van der Waals surface area (Å²) in [5, 5.41) is 5.48. The van der Waals surface area contributed by atoms with Gasteiger partial charge in [-0.15, -0.1) is 0 Å². The van der Waals surface area contributed by atoms with Gasteiger partial charge in [-0.1, -0.05) is 57.4 Å². The van der Waals surface area contributed by atoms with Crippen molar-refractivity contribution in [2.75, 3.05) is 19.4 Å². The molecule has 1 heterocycles. The van der Waals surface area contributed by atoms with Gasteiger partial charge in [0.2, 0.25) is 0 Å². The Hall–Kier alpha value is -2.62. The topological polar surface area (TPSA) is 45.2 Å². The molecule has 0 aliphatic heterocycles. The van der Waals surface area contributed by atoms with Gasteiger partial charge < -0.3 is 15.0 Å². The number of hydrogen-bond acceptors (Lipinski definition) is 4. The van der Waals surface area contributed by atoms with Crippen LogP contribution in [0.4, 0.5) is 5.82 Å². The number of likely N-dealkylation sites (N-methyl/N-ethyl adjacent to an activating group) is 1. The number of carbonyl (C=O) groups excluding carboxylic acids is 1. The highest BCUT2D eigenvalue weighted by atomic mass is 16.1. The van der Waals surface area contributed by atoms with Gasteiger partial charge in [0.15, 0.2) is 0 Å². The van der Waals surface area contributed by atoms with Crippen LogP contribution in [-0.2, 0) is 4.79 Å². The van der Waals surface area contributed by atoms with Crippen LogP contribution < -0.4 is 15.8 Å². The molecule has 1 N–H and O–H groups in total. The van der Waals surface area contributed by atoms with Crippen molar-refractivity contribution >= 4 is 24.3 Å². The number of carbonyl (C=O) groups is 1. The molecule has 0 bridgehead atoms. The van der Waals surface area contributed by atoms with Gasteiger partial charge in [0.05, 0.1) is 0 Å². The number of allylic oxidation sites excluding steroid dienone is 5. The molecular weight excluding hydrogens is 406 g/mol. The van der Waals surface area contributed by atoms with Crippen LogP contribution in [0.25, 0.3) is 12.2 Å². The average molecular weight is 452 g/mol. The van der Waals surface area contributed by atoms with Crippen molar-refractivity contribution in [2.24, 2.45) is 5.92 Å². The van der Waals surface area contributed by atoms with Gasteiger partial charge in [-0.2, -0.15) is 0 Å². The second-order valence-electron chi connectivity index (χ2n) is 8.47. The summed E-state index contributed by atoms with van der Waals surface area (Å²) in [5.74, 6) is 1.29. The normalized spacial score (nSPS) is 16.9. The van der Waals surface area contributed by atoms with Crippen molar-refractivity contribution in [3.05, 3.63) is 57.9 Å². The highest BCUT2D eigenvalue weighted by molar-refractivity contribution is 5.59. The molecule has 0 saturated heterocycles. The zero-order valence-electron chi connectivity index (χ0n) is 21.9. The van der Waals surface area contributed by atoms with Gasteiger partial charge in [-0.05, 0) is 74.6 Å². The number of anilines is 1. The average Bonchev–Trinajstić information content (AvgIpc) is 2.85. The Balaban J connectivity index is 0.000000568. The van der Waals surface area contributed by atoms with Gasteiger partial charge in [-0.3, -0.25) is 0 Å². The second kappa shape index (κ2) is 16.1. The van der Waals surface area contributed by atoms with Crippen LogP contribution in [0.1, 0.15) is 79.6 Å². The molecule has 1 fully saturated rings. The molecule has 1 saturated carbocycles. The summed E-state index contributed by atoms with van der Waals surface area (Å²) in [4.78, 5) is 16.9. The lowest BCUT2D eigenvalue weighted by Gasteiger charge is -2.24. The Morgan fingerprint density at radius 3 is 2.30 bits per heavy atom. The molecule has 0 aromatic carbocycles. The Morgan fingerprint density at radius 2 is 1.82 bits per heavy atom. The first-order valence-corrected chi connectivity index (χ1v) is 12.5. The third-order valence-corrected chi connectivity index (χ3v) is 6.07.